The second-order valence-corrected chi connectivity index (χ2v) is 7.79. The van der Waals surface area contributed by atoms with Crippen LogP contribution in [0.25, 0.3) is 10.9 Å². The quantitative estimate of drug-likeness (QED) is 0.671. The molecule has 0 fully saturated rings. The molecule has 29 heavy (non-hydrogen) atoms. The molecule has 0 saturated heterocycles. The van der Waals surface area contributed by atoms with Crippen molar-refractivity contribution >= 4 is 16.8 Å². The van der Waals surface area contributed by atoms with Crippen LogP contribution in [0.1, 0.15) is 31.4 Å². The summed E-state index contributed by atoms with van der Waals surface area (Å²) in [5, 5.41) is 3.30. The first-order chi connectivity index (χ1) is 13.9. The van der Waals surface area contributed by atoms with Crippen LogP contribution in [0.4, 0.5) is 0 Å². The lowest BCUT2D eigenvalue weighted by Gasteiger charge is -2.15. The molecule has 1 N–H and O–H groups in total. The molecule has 0 radical (unpaired) electrons. The maximum Gasteiger partial charge on any atom is 0.331 e. The Kier molecular flexibility index (Phi) is 6.32. The third-order valence-electron chi connectivity index (χ3n) is 4.97. The number of para-hydroxylation sites is 1. The summed E-state index contributed by atoms with van der Waals surface area (Å²) in [7, 11) is 0. The van der Waals surface area contributed by atoms with E-state index in [0.29, 0.717) is 36.3 Å². The van der Waals surface area contributed by atoms with Crippen LogP contribution in [-0.2, 0) is 24.4 Å². The Labute approximate surface area is 169 Å². The topological polar surface area (TPSA) is 73.1 Å². The lowest BCUT2D eigenvalue weighted by molar-refractivity contribution is -0.121. The Hall–Kier alpha value is -3.15. The highest BCUT2D eigenvalue weighted by Crippen LogP contribution is 2.09. The van der Waals surface area contributed by atoms with Crippen molar-refractivity contribution in [1.82, 2.24) is 14.5 Å². The summed E-state index contributed by atoms with van der Waals surface area (Å²) < 4.78 is 2.64. The number of hydrogen-bond donors (Lipinski definition) is 1. The van der Waals surface area contributed by atoms with E-state index in [2.05, 4.69) is 5.32 Å². The van der Waals surface area contributed by atoms with Crippen LogP contribution < -0.4 is 16.6 Å². The molecule has 0 bridgehead atoms. The van der Waals surface area contributed by atoms with E-state index >= 15 is 0 Å². The van der Waals surface area contributed by atoms with Crippen LogP contribution in [0.2, 0.25) is 0 Å². The van der Waals surface area contributed by atoms with Gasteiger partial charge in [-0.1, -0.05) is 55.8 Å². The Morgan fingerprint density at radius 1 is 1.00 bits per heavy atom. The van der Waals surface area contributed by atoms with Crippen molar-refractivity contribution in [3.8, 4) is 0 Å². The average Bonchev–Trinajstić information content (AvgIpc) is 2.70. The molecule has 1 aromatic heterocycles. The number of carbonyl (C=O) groups is 1. The molecule has 3 rings (SSSR count). The standard InChI is InChI=1S/C23H27N3O3/c1-16(2)12-13-25-22(28)19-6-4-5-7-20(19)26(23(25)29)15-21(27)24-14-18-10-8-17(3)9-11-18/h4-11,16H,12-15H2,1-3H3,(H,24,27). The lowest BCUT2D eigenvalue weighted by Crippen LogP contribution is -2.42. The van der Waals surface area contributed by atoms with Crippen LogP contribution in [0, 0.1) is 12.8 Å². The molecule has 0 aliphatic carbocycles. The molecular formula is C23H27N3O3. The SMILES string of the molecule is Cc1ccc(CNC(=O)Cn2c(=O)n(CCC(C)C)c(=O)c3ccccc32)cc1. The van der Waals surface area contributed by atoms with Gasteiger partial charge in [0.25, 0.3) is 5.56 Å². The molecule has 3 aromatic rings. The number of hydrogen-bond acceptors (Lipinski definition) is 3. The minimum atomic E-state index is -0.445. The van der Waals surface area contributed by atoms with Crippen LogP contribution in [0.5, 0.6) is 0 Å². The summed E-state index contributed by atoms with van der Waals surface area (Å²) in [5.74, 6) is 0.0888. The van der Waals surface area contributed by atoms with Gasteiger partial charge in [-0.25, -0.2) is 4.79 Å². The van der Waals surface area contributed by atoms with Gasteiger partial charge in [-0.05, 0) is 37.0 Å². The first-order valence-corrected chi connectivity index (χ1v) is 9.91. The largest absolute Gasteiger partial charge is 0.350 e. The molecule has 6 heteroatoms. The number of nitrogens with zero attached hydrogens (tertiary/aromatic N) is 2. The van der Waals surface area contributed by atoms with E-state index in [1.54, 1.807) is 24.3 Å². The van der Waals surface area contributed by atoms with Gasteiger partial charge < -0.3 is 5.32 Å². The summed E-state index contributed by atoms with van der Waals surface area (Å²) in [4.78, 5) is 38.3. The summed E-state index contributed by atoms with van der Waals surface area (Å²) in [5.41, 5.74) is 1.88. The van der Waals surface area contributed by atoms with Gasteiger partial charge in [-0.3, -0.25) is 18.7 Å². The molecule has 0 atom stereocenters. The maximum atomic E-state index is 13.0. The van der Waals surface area contributed by atoms with Gasteiger partial charge in [0.2, 0.25) is 5.91 Å². The molecule has 0 unspecified atom stereocenters. The van der Waals surface area contributed by atoms with Crippen molar-refractivity contribution in [2.45, 2.75) is 46.8 Å². The van der Waals surface area contributed by atoms with Gasteiger partial charge in [-0.15, -0.1) is 0 Å². The molecule has 2 aromatic carbocycles. The number of amides is 1. The van der Waals surface area contributed by atoms with Gasteiger partial charge in [0, 0.05) is 13.1 Å². The van der Waals surface area contributed by atoms with E-state index in [1.165, 1.54) is 9.13 Å². The predicted octanol–water partition coefficient (Wildman–Crippen LogP) is 2.83. The van der Waals surface area contributed by atoms with Crippen molar-refractivity contribution in [2.75, 3.05) is 0 Å². The molecule has 1 heterocycles. The molecule has 0 aliphatic heterocycles. The van der Waals surface area contributed by atoms with E-state index < -0.39 is 5.69 Å². The molecular weight excluding hydrogens is 366 g/mol. The fourth-order valence-corrected chi connectivity index (χ4v) is 3.21. The zero-order chi connectivity index (χ0) is 21.0. The fraction of sp³-hybridized carbons (Fsp3) is 0.348. The Bertz CT molecular complexity index is 1120. The summed E-state index contributed by atoms with van der Waals surface area (Å²) in [6, 6.07) is 14.8. The number of fused-ring (bicyclic) bond motifs is 1. The number of benzene rings is 2. The molecule has 0 saturated carbocycles. The van der Waals surface area contributed by atoms with Crippen molar-refractivity contribution in [1.29, 1.82) is 0 Å². The van der Waals surface area contributed by atoms with Gasteiger partial charge >= 0.3 is 5.69 Å². The number of carbonyl (C=O) groups excluding carboxylic acids is 1. The molecule has 1 amide bonds. The van der Waals surface area contributed by atoms with Crippen molar-refractivity contribution in [3.63, 3.8) is 0 Å². The highest BCUT2D eigenvalue weighted by Gasteiger charge is 2.15. The van der Waals surface area contributed by atoms with Gasteiger partial charge in [0.05, 0.1) is 10.9 Å². The smallest absolute Gasteiger partial charge is 0.331 e. The highest BCUT2D eigenvalue weighted by molar-refractivity contribution is 5.81. The van der Waals surface area contributed by atoms with Gasteiger partial charge in [0.1, 0.15) is 6.54 Å². The monoisotopic (exact) mass is 393 g/mol. The zero-order valence-corrected chi connectivity index (χ0v) is 17.1. The minimum Gasteiger partial charge on any atom is -0.350 e. The first kappa shape index (κ1) is 20.6. The third kappa shape index (κ3) is 4.83. The van der Waals surface area contributed by atoms with Crippen molar-refractivity contribution in [2.24, 2.45) is 5.92 Å². The maximum absolute atomic E-state index is 13.0. The summed E-state index contributed by atoms with van der Waals surface area (Å²) >= 11 is 0. The Morgan fingerprint density at radius 3 is 2.38 bits per heavy atom. The average molecular weight is 393 g/mol. The molecule has 0 spiro atoms. The second-order valence-electron chi connectivity index (χ2n) is 7.79. The Balaban J connectivity index is 1.89. The number of rotatable bonds is 7. The Morgan fingerprint density at radius 2 is 1.69 bits per heavy atom. The highest BCUT2D eigenvalue weighted by atomic mass is 16.2. The van der Waals surface area contributed by atoms with E-state index in [4.69, 9.17) is 0 Å². The number of nitrogens with one attached hydrogen (secondary N) is 1. The molecule has 6 nitrogen and oxygen atoms in total. The normalized spacial score (nSPS) is 11.2. The van der Waals surface area contributed by atoms with Crippen molar-refractivity contribution in [3.05, 3.63) is 80.5 Å². The fourth-order valence-electron chi connectivity index (χ4n) is 3.21. The van der Waals surface area contributed by atoms with Crippen LogP contribution in [0.15, 0.2) is 58.1 Å². The summed E-state index contributed by atoms with van der Waals surface area (Å²) in [6.45, 7) is 6.69. The van der Waals surface area contributed by atoms with Crippen LogP contribution in [0.3, 0.4) is 0 Å². The second kappa shape index (κ2) is 8.90. The lowest BCUT2D eigenvalue weighted by atomic mass is 10.1. The van der Waals surface area contributed by atoms with Gasteiger partial charge in [-0.2, -0.15) is 0 Å². The number of aromatic nitrogens is 2. The molecule has 152 valence electrons. The van der Waals surface area contributed by atoms with E-state index in [0.717, 1.165) is 11.1 Å². The van der Waals surface area contributed by atoms with E-state index in [9.17, 15) is 14.4 Å². The van der Waals surface area contributed by atoms with E-state index in [1.807, 2.05) is 45.0 Å². The zero-order valence-electron chi connectivity index (χ0n) is 17.1. The number of aryl methyl sites for hydroxylation is 1. The van der Waals surface area contributed by atoms with Crippen molar-refractivity contribution < 1.29 is 4.79 Å². The van der Waals surface area contributed by atoms with Gasteiger partial charge in [0.15, 0.2) is 0 Å². The van der Waals surface area contributed by atoms with Crippen LogP contribution in [-0.4, -0.2) is 15.0 Å². The minimum absolute atomic E-state index is 0.132. The first-order valence-electron chi connectivity index (χ1n) is 9.91. The predicted molar refractivity (Wildman–Crippen MR) is 115 cm³/mol. The summed E-state index contributed by atoms with van der Waals surface area (Å²) in [6.07, 6.45) is 0.715. The molecule has 0 aliphatic rings. The van der Waals surface area contributed by atoms with Crippen LogP contribution >= 0.6 is 0 Å². The third-order valence-corrected chi connectivity index (χ3v) is 4.97. The van der Waals surface area contributed by atoms with E-state index in [-0.39, 0.29) is 18.0 Å².